The molecule has 0 aliphatic heterocycles. The Hall–Kier alpha value is -1.97. The van der Waals surface area contributed by atoms with Gasteiger partial charge in [-0.05, 0) is 46.2 Å². The summed E-state index contributed by atoms with van der Waals surface area (Å²) in [5.41, 5.74) is 6.04. The number of aliphatic hydroxyl groups excluding tert-OH is 2. The third-order valence-corrected chi connectivity index (χ3v) is 5.42. The van der Waals surface area contributed by atoms with Crippen molar-refractivity contribution in [3.8, 4) is 0 Å². The van der Waals surface area contributed by atoms with Crippen LogP contribution in [-0.2, 0) is 30.8 Å². The molecular weight excluding hydrogens is 324 g/mol. The normalized spacial score (nSPS) is 13.5. The molecule has 3 heteroatoms. The van der Waals surface area contributed by atoms with Gasteiger partial charge in [0.25, 0.3) is 0 Å². The highest BCUT2D eigenvalue weighted by molar-refractivity contribution is 5.91. The number of ketones is 1. The predicted molar refractivity (Wildman–Crippen MR) is 105 cm³/mol. The minimum Gasteiger partial charge on any atom is -0.392 e. The van der Waals surface area contributed by atoms with Gasteiger partial charge in [-0.15, -0.1) is 0 Å². The largest absolute Gasteiger partial charge is 0.392 e. The first-order valence-electron chi connectivity index (χ1n) is 9.45. The second kappa shape index (κ2) is 9.11. The summed E-state index contributed by atoms with van der Waals surface area (Å²) in [5, 5.41) is 18.9. The first kappa shape index (κ1) is 20.3. The van der Waals surface area contributed by atoms with E-state index in [9.17, 15) is 15.0 Å². The van der Waals surface area contributed by atoms with Crippen LogP contribution in [0.4, 0.5) is 0 Å². The first-order chi connectivity index (χ1) is 12.5. The van der Waals surface area contributed by atoms with Gasteiger partial charge in [0.1, 0.15) is 5.78 Å². The van der Waals surface area contributed by atoms with Crippen LogP contribution in [0.15, 0.2) is 36.4 Å². The highest BCUT2D eigenvalue weighted by atomic mass is 16.3. The van der Waals surface area contributed by atoms with Gasteiger partial charge in [-0.3, -0.25) is 4.79 Å². The minimum atomic E-state index is -0.203. The molecule has 0 fully saturated rings. The molecule has 0 spiro atoms. The lowest BCUT2D eigenvalue weighted by Crippen LogP contribution is -2.17. The Balaban J connectivity index is 2.27. The molecule has 2 aromatic rings. The first-order valence-corrected chi connectivity index (χ1v) is 9.45. The fourth-order valence-electron chi connectivity index (χ4n) is 3.50. The highest BCUT2D eigenvalue weighted by Crippen LogP contribution is 2.29. The zero-order valence-corrected chi connectivity index (χ0v) is 16.2. The fraction of sp³-hybridized carbons (Fsp3) is 0.435. The third-order valence-electron chi connectivity index (χ3n) is 5.42. The minimum absolute atomic E-state index is 0.0270. The summed E-state index contributed by atoms with van der Waals surface area (Å²) in [6.45, 7) is 8.08. The summed E-state index contributed by atoms with van der Waals surface area (Å²) in [5.74, 6) is -0.223. The molecule has 140 valence electrons. The number of rotatable bonds is 8. The van der Waals surface area contributed by atoms with E-state index in [1.807, 2.05) is 50.2 Å². The van der Waals surface area contributed by atoms with Crippen molar-refractivity contribution in [3.05, 3.63) is 69.8 Å². The van der Waals surface area contributed by atoms with Crippen LogP contribution in [0.2, 0.25) is 0 Å². The van der Waals surface area contributed by atoms with Crippen molar-refractivity contribution < 1.29 is 15.0 Å². The third kappa shape index (κ3) is 4.22. The Morgan fingerprint density at radius 2 is 1.15 bits per heavy atom. The maximum atomic E-state index is 13.1. The maximum absolute atomic E-state index is 13.1. The summed E-state index contributed by atoms with van der Waals surface area (Å²) in [6, 6.07) is 11.8. The van der Waals surface area contributed by atoms with Crippen molar-refractivity contribution in [2.24, 2.45) is 0 Å². The summed E-state index contributed by atoms with van der Waals surface area (Å²) in [4.78, 5) is 13.1. The monoisotopic (exact) mass is 354 g/mol. The molecular formula is C23H30O3. The van der Waals surface area contributed by atoms with Crippen molar-refractivity contribution in [1.29, 1.82) is 0 Å². The van der Waals surface area contributed by atoms with E-state index >= 15 is 0 Å². The molecule has 0 saturated carbocycles. The van der Waals surface area contributed by atoms with Crippen LogP contribution in [0.25, 0.3) is 0 Å². The molecule has 2 rings (SSSR count). The Labute approximate surface area is 156 Å². The van der Waals surface area contributed by atoms with Gasteiger partial charge in [-0.1, -0.05) is 64.1 Å². The van der Waals surface area contributed by atoms with Gasteiger partial charge in [-0.25, -0.2) is 0 Å². The number of hydrogen-bond donors (Lipinski definition) is 2. The zero-order chi connectivity index (χ0) is 19.3. The fourth-order valence-corrected chi connectivity index (χ4v) is 3.50. The second-order valence-corrected chi connectivity index (χ2v) is 6.93. The van der Waals surface area contributed by atoms with Gasteiger partial charge in [0, 0.05) is 11.8 Å². The summed E-state index contributed by atoms with van der Waals surface area (Å²) in [7, 11) is 0. The number of aryl methyl sites for hydroxylation is 2. The van der Waals surface area contributed by atoms with Crippen LogP contribution in [0.5, 0.6) is 0 Å². The predicted octanol–water partition coefficient (Wildman–Crippen LogP) is 4.27. The Morgan fingerprint density at radius 3 is 1.46 bits per heavy atom. The number of benzene rings is 2. The van der Waals surface area contributed by atoms with Gasteiger partial charge in [0.15, 0.2) is 0 Å². The maximum Gasteiger partial charge on any atom is 0.147 e. The molecule has 2 aromatic carbocycles. The topological polar surface area (TPSA) is 57.5 Å². The van der Waals surface area contributed by atoms with Gasteiger partial charge in [0.2, 0.25) is 0 Å². The summed E-state index contributed by atoms with van der Waals surface area (Å²) in [6.07, 6.45) is 1.67. The lowest BCUT2D eigenvalue weighted by atomic mass is 9.84. The number of hydrogen-bond acceptors (Lipinski definition) is 3. The van der Waals surface area contributed by atoms with Crippen molar-refractivity contribution in [1.82, 2.24) is 0 Å². The summed E-state index contributed by atoms with van der Waals surface area (Å²) >= 11 is 0. The van der Waals surface area contributed by atoms with Gasteiger partial charge < -0.3 is 10.2 Å². The molecule has 0 saturated heterocycles. The average Bonchev–Trinajstić information content (AvgIpc) is 2.70. The standard InChI is InChI=1S/C23H30O3/c1-5-17-11-19(7-9-21(17)13-24)15(3)23(26)16(4)20-8-10-22(14-25)18(6-2)12-20/h7-12,15-16,24-25H,5-6,13-14H2,1-4H3. The van der Waals surface area contributed by atoms with Crippen LogP contribution in [0.3, 0.4) is 0 Å². The number of Topliss-reactive ketones (excluding diaryl/α,β-unsaturated/α-hetero) is 1. The van der Waals surface area contributed by atoms with Crippen LogP contribution in [0.1, 0.15) is 72.9 Å². The zero-order valence-electron chi connectivity index (χ0n) is 16.2. The molecule has 2 N–H and O–H groups in total. The van der Waals surface area contributed by atoms with Crippen molar-refractivity contribution >= 4 is 5.78 Å². The average molecular weight is 354 g/mol. The molecule has 0 radical (unpaired) electrons. The molecule has 0 heterocycles. The second-order valence-electron chi connectivity index (χ2n) is 6.93. The van der Waals surface area contributed by atoms with E-state index in [2.05, 4.69) is 13.8 Å². The Bertz CT molecular complexity index is 701. The number of carbonyl (C=O) groups is 1. The molecule has 0 aliphatic carbocycles. The molecule has 26 heavy (non-hydrogen) atoms. The SMILES string of the molecule is CCc1cc(C(C)C(=O)C(C)c2ccc(CO)c(CC)c2)ccc1CO. The van der Waals surface area contributed by atoms with Gasteiger partial charge in [-0.2, -0.15) is 0 Å². The van der Waals surface area contributed by atoms with Crippen molar-refractivity contribution in [3.63, 3.8) is 0 Å². The molecule has 3 nitrogen and oxygen atoms in total. The Kier molecular flexibility index (Phi) is 7.13. The van der Waals surface area contributed by atoms with E-state index in [-0.39, 0.29) is 30.8 Å². The summed E-state index contributed by atoms with van der Waals surface area (Å²) < 4.78 is 0. The van der Waals surface area contributed by atoms with Gasteiger partial charge in [0.05, 0.1) is 13.2 Å². The van der Waals surface area contributed by atoms with E-state index < -0.39 is 0 Å². The van der Waals surface area contributed by atoms with E-state index in [4.69, 9.17) is 0 Å². The number of aliphatic hydroxyl groups is 2. The lowest BCUT2D eigenvalue weighted by Gasteiger charge is -2.19. The molecule has 0 aromatic heterocycles. The Morgan fingerprint density at radius 1 is 0.769 bits per heavy atom. The van der Waals surface area contributed by atoms with Crippen LogP contribution >= 0.6 is 0 Å². The quantitative estimate of drug-likeness (QED) is 0.744. The van der Waals surface area contributed by atoms with Crippen molar-refractivity contribution in [2.75, 3.05) is 0 Å². The highest BCUT2D eigenvalue weighted by Gasteiger charge is 2.23. The van der Waals surface area contributed by atoms with Crippen molar-refractivity contribution in [2.45, 2.75) is 65.6 Å². The molecule has 0 aliphatic rings. The van der Waals surface area contributed by atoms with Crippen LogP contribution < -0.4 is 0 Å². The molecule has 0 amide bonds. The van der Waals surface area contributed by atoms with Crippen LogP contribution in [-0.4, -0.2) is 16.0 Å². The molecule has 2 unspecified atom stereocenters. The van der Waals surface area contributed by atoms with E-state index in [0.29, 0.717) is 0 Å². The van der Waals surface area contributed by atoms with E-state index in [0.717, 1.165) is 46.2 Å². The van der Waals surface area contributed by atoms with Crippen LogP contribution in [0, 0.1) is 0 Å². The van der Waals surface area contributed by atoms with Gasteiger partial charge >= 0.3 is 0 Å². The molecule has 0 bridgehead atoms. The number of carbonyl (C=O) groups excluding carboxylic acids is 1. The van der Waals surface area contributed by atoms with E-state index in [1.54, 1.807) is 0 Å². The van der Waals surface area contributed by atoms with E-state index in [1.165, 1.54) is 0 Å². The lowest BCUT2D eigenvalue weighted by molar-refractivity contribution is -0.121. The smallest absolute Gasteiger partial charge is 0.147 e. The molecule has 2 atom stereocenters.